The van der Waals surface area contributed by atoms with Gasteiger partial charge in [-0.2, -0.15) is 0 Å². The Hall–Kier alpha value is -0.870. The van der Waals surface area contributed by atoms with Crippen molar-refractivity contribution < 1.29 is 0 Å². The summed E-state index contributed by atoms with van der Waals surface area (Å²) >= 11 is 0. The van der Waals surface area contributed by atoms with Crippen molar-refractivity contribution in [3.05, 3.63) is 18.2 Å². The van der Waals surface area contributed by atoms with Gasteiger partial charge in [0.15, 0.2) is 0 Å². The van der Waals surface area contributed by atoms with Gasteiger partial charge in [0, 0.05) is 31.5 Å². The van der Waals surface area contributed by atoms with Crippen molar-refractivity contribution >= 4 is 0 Å². The Morgan fingerprint density at radius 2 is 2.39 bits per heavy atom. The number of hydrogen-bond donors (Lipinski definition) is 1. The van der Waals surface area contributed by atoms with E-state index in [0.29, 0.717) is 0 Å². The smallest absolute Gasteiger partial charge is 0.122 e. The highest BCUT2D eigenvalue weighted by molar-refractivity contribution is 5.02. The molecule has 1 aromatic heterocycles. The first-order chi connectivity index (χ1) is 8.64. The first kappa shape index (κ1) is 13.6. The van der Waals surface area contributed by atoms with E-state index < -0.39 is 0 Å². The summed E-state index contributed by atoms with van der Waals surface area (Å²) in [6.45, 7) is 3.93. The summed E-state index contributed by atoms with van der Waals surface area (Å²) in [6.07, 6.45) is 8.94. The van der Waals surface area contributed by atoms with E-state index in [1.54, 1.807) is 0 Å². The Labute approximate surface area is 110 Å². The minimum absolute atomic E-state index is 0.181. The normalized spacial score (nSPS) is 28.2. The lowest BCUT2D eigenvalue weighted by atomic mass is 9.83. The molecular weight excluding hydrogens is 224 g/mol. The third-order valence-electron chi connectivity index (χ3n) is 4.83. The molecule has 2 N–H and O–H groups in total. The van der Waals surface area contributed by atoms with Gasteiger partial charge in [0.25, 0.3) is 0 Å². The largest absolute Gasteiger partial charge is 0.337 e. The van der Waals surface area contributed by atoms with Gasteiger partial charge in [0.2, 0.25) is 0 Å². The summed E-state index contributed by atoms with van der Waals surface area (Å²) in [4.78, 5) is 6.86. The molecule has 1 aliphatic rings. The molecule has 0 radical (unpaired) electrons. The lowest BCUT2D eigenvalue weighted by Gasteiger charge is -2.42. The van der Waals surface area contributed by atoms with Crippen molar-refractivity contribution in [3.63, 3.8) is 0 Å². The number of hydrogen-bond acceptors (Lipinski definition) is 3. The number of aromatic nitrogens is 2. The molecule has 0 amide bonds. The molecule has 0 bridgehead atoms. The van der Waals surface area contributed by atoms with Crippen LogP contribution in [0.25, 0.3) is 0 Å². The molecule has 102 valence electrons. The third-order valence-corrected chi connectivity index (χ3v) is 4.83. The standard InChI is InChI=1S/C14H26N4/c1-4-12-6-5-7-14(12,11-15)18(3)10-13-16-8-9-17(13)2/h8-9,12H,4-7,10-11,15H2,1-3H3. The van der Waals surface area contributed by atoms with E-state index in [1.165, 1.54) is 25.7 Å². The number of imidazole rings is 1. The fourth-order valence-corrected chi connectivity index (χ4v) is 3.56. The molecule has 2 rings (SSSR count). The average molecular weight is 250 g/mol. The van der Waals surface area contributed by atoms with E-state index in [-0.39, 0.29) is 5.54 Å². The number of likely N-dealkylation sites (N-methyl/N-ethyl adjacent to an activating group) is 1. The summed E-state index contributed by atoms with van der Waals surface area (Å²) in [7, 11) is 4.26. The van der Waals surface area contributed by atoms with Gasteiger partial charge in [-0.3, -0.25) is 4.90 Å². The van der Waals surface area contributed by atoms with Gasteiger partial charge in [0.05, 0.1) is 6.54 Å². The van der Waals surface area contributed by atoms with E-state index in [9.17, 15) is 0 Å². The Bertz CT molecular complexity index is 387. The van der Waals surface area contributed by atoms with E-state index in [0.717, 1.165) is 24.8 Å². The lowest BCUT2D eigenvalue weighted by Crippen LogP contribution is -2.54. The zero-order valence-corrected chi connectivity index (χ0v) is 11.9. The maximum Gasteiger partial charge on any atom is 0.122 e. The molecule has 1 saturated carbocycles. The van der Waals surface area contributed by atoms with Crippen LogP contribution in [0.4, 0.5) is 0 Å². The van der Waals surface area contributed by atoms with E-state index in [2.05, 4.69) is 35.5 Å². The summed E-state index contributed by atoms with van der Waals surface area (Å²) in [5.41, 5.74) is 6.32. The number of aryl methyl sites for hydroxylation is 1. The van der Waals surface area contributed by atoms with Crippen LogP contribution in [0, 0.1) is 5.92 Å². The maximum atomic E-state index is 6.13. The van der Waals surface area contributed by atoms with Gasteiger partial charge in [0.1, 0.15) is 5.82 Å². The fraction of sp³-hybridized carbons (Fsp3) is 0.786. The second-order valence-corrected chi connectivity index (χ2v) is 5.62. The molecule has 1 fully saturated rings. The summed E-state index contributed by atoms with van der Waals surface area (Å²) in [5.74, 6) is 1.85. The summed E-state index contributed by atoms with van der Waals surface area (Å²) in [5, 5.41) is 0. The fourth-order valence-electron chi connectivity index (χ4n) is 3.56. The first-order valence-corrected chi connectivity index (χ1v) is 7.01. The highest BCUT2D eigenvalue weighted by Gasteiger charge is 2.43. The molecule has 0 spiro atoms. The van der Waals surface area contributed by atoms with Crippen molar-refractivity contribution in [1.29, 1.82) is 0 Å². The van der Waals surface area contributed by atoms with Gasteiger partial charge in [-0.15, -0.1) is 0 Å². The maximum absolute atomic E-state index is 6.13. The zero-order valence-electron chi connectivity index (χ0n) is 11.9. The van der Waals surface area contributed by atoms with Gasteiger partial charge in [-0.25, -0.2) is 4.98 Å². The van der Waals surface area contributed by atoms with Crippen molar-refractivity contribution in [2.24, 2.45) is 18.7 Å². The number of nitrogens with zero attached hydrogens (tertiary/aromatic N) is 3. The Morgan fingerprint density at radius 3 is 2.94 bits per heavy atom. The molecule has 2 atom stereocenters. The van der Waals surface area contributed by atoms with Crippen molar-refractivity contribution in [2.45, 2.75) is 44.7 Å². The minimum atomic E-state index is 0.181. The van der Waals surface area contributed by atoms with E-state index in [1.807, 2.05) is 12.4 Å². The summed E-state index contributed by atoms with van der Waals surface area (Å²) < 4.78 is 2.09. The first-order valence-electron chi connectivity index (χ1n) is 7.01. The van der Waals surface area contributed by atoms with Crippen LogP contribution in [0.1, 0.15) is 38.4 Å². The predicted molar refractivity (Wildman–Crippen MR) is 74.1 cm³/mol. The van der Waals surface area contributed by atoms with Crippen LogP contribution in [-0.2, 0) is 13.6 Å². The molecule has 0 aliphatic heterocycles. The van der Waals surface area contributed by atoms with Gasteiger partial charge in [-0.05, 0) is 25.8 Å². The highest BCUT2D eigenvalue weighted by Crippen LogP contribution is 2.41. The van der Waals surface area contributed by atoms with Crippen LogP contribution in [-0.4, -0.2) is 33.6 Å². The topological polar surface area (TPSA) is 47.1 Å². The van der Waals surface area contributed by atoms with E-state index >= 15 is 0 Å². The number of rotatable bonds is 5. The molecule has 4 nitrogen and oxygen atoms in total. The molecule has 0 saturated heterocycles. The van der Waals surface area contributed by atoms with Crippen LogP contribution in [0.2, 0.25) is 0 Å². The van der Waals surface area contributed by atoms with Crippen LogP contribution < -0.4 is 5.73 Å². The SMILES string of the molecule is CCC1CCCC1(CN)N(C)Cc1nccn1C. The molecule has 0 aromatic carbocycles. The lowest BCUT2D eigenvalue weighted by molar-refractivity contribution is 0.0715. The molecule has 4 heteroatoms. The zero-order chi connectivity index (χ0) is 13.2. The molecule has 18 heavy (non-hydrogen) atoms. The Kier molecular flexibility index (Phi) is 4.07. The second kappa shape index (κ2) is 5.41. The van der Waals surface area contributed by atoms with E-state index in [4.69, 9.17) is 5.73 Å². The van der Waals surface area contributed by atoms with Gasteiger partial charge in [-0.1, -0.05) is 19.8 Å². The second-order valence-electron chi connectivity index (χ2n) is 5.62. The highest BCUT2D eigenvalue weighted by atomic mass is 15.2. The van der Waals surface area contributed by atoms with Crippen LogP contribution in [0.5, 0.6) is 0 Å². The third kappa shape index (κ3) is 2.19. The molecule has 1 aromatic rings. The monoisotopic (exact) mass is 250 g/mol. The molecular formula is C14H26N4. The van der Waals surface area contributed by atoms with Crippen LogP contribution >= 0.6 is 0 Å². The average Bonchev–Trinajstić information content (AvgIpc) is 2.96. The Morgan fingerprint density at radius 1 is 1.61 bits per heavy atom. The van der Waals surface area contributed by atoms with Crippen LogP contribution in [0.15, 0.2) is 12.4 Å². The minimum Gasteiger partial charge on any atom is -0.337 e. The number of nitrogens with two attached hydrogens (primary N) is 1. The Balaban J connectivity index is 2.15. The molecule has 1 heterocycles. The van der Waals surface area contributed by atoms with Crippen LogP contribution in [0.3, 0.4) is 0 Å². The van der Waals surface area contributed by atoms with Crippen molar-refractivity contribution in [1.82, 2.24) is 14.5 Å². The quantitative estimate of drug-likeness (QED) is 0.866. The van der Waals surface area contributed by atoms with Gasteiger partial charge < -0.3 is 10.3 Å². The molecule has 2 unspecified atom stereocenters. The van der Waals surface area contributed by atoms with Crippen molar-refractivity contribution in [3.8, 4) is 0 Å². The van der Waals surface area contributed by atoms with Crippen molar-refractivity contribution in [2.75, 3.05) is 13.6 Å². The van der Waals surface area contributed by atoms with Gasteiger partial charge >= 0.3 is 0 Å². The molecule has 1 aliphatic carbocycles. The summed E-state index contributed by atoms with van der Waals surface area (Å²) in [6, 6.07) is 0. The predicted octanol–water partition coefficient (Wildman–Crippen LogP) is 1.76.